The van der Waals surface area contributed by atoms with Crippen molar-refractivity contribution in [1.29, 1.82) is 0 Å². The Kier molecular flexibility index (Phi) is 8.17. The minimum Gasteiger partial charge on any atom is -0.356 e. The summed E-state index contributed by atoms with van der Waals surface area (Å²) in [4.78, 5) is 21.4. The Morgan fingerprint density at radius 1 is 1.10 bits per heavy atom. The van der Waals surface area contributed by atoms with Crippen LogP contribution in [0.25, 0.3) is 0 Å². The molecule has 160 valence electrons. The number of rotatable bonds is 6. The number of fused-ring (bicyclic) bond motifs is 1. The zero-order valence-electron chi connectivity index (χ0n) is 17.4. The maximum atomic E-state index is 12.5. The van der Waals surface area contributed by atoms with E-state index in [2.05, 4.69) is 32.7 Å². The van der Waals surface area contributed by atoms with Crippen molar-refractivity contribution in [1.82, 2.24) is 20.4 Å². The van der Waals surface area contributed by atoms with E-state index in [4.69, 9.17) is 0 Å². The number of nitrogens with zero attached hydrogens (tertiary/aromatic N) is 3. The minimum atomic E-state index is 0. The molecule has 1 aromatic rings. The van der Waals surface area contributed by atoms with Crippen LogP contribution in [0.15, 0.2) is 29.3 Å². The molecule has 0 atom stereocenters. The second-order valence-corrected chi connectivity index (χ2v) is 8.31. The molecule has 0 aromatic heterocycles. The summed E-state index contributed by atoms with van der Waals surface area (Å²) in [5.74, 6) is 1.11. The molecule has 2 heterocycles. The average Bonchev–Trinajstić information content (AvgIpc) is 3.48. The number of nitrogens with one attached hydrogen (secondary N) is 2. The molecule has 0 unspecified atom stereocenters. The maximum absolute atomic E-state index is 12.5. The normalized spacial score (nSPS) is 20.2. The molecular formula is C22H34IN5O. The van der Waals surface area contributed by atoms with Crippen LogP contribution in [0.5, 0.6) is 0 Å². The first-order valence-electron chi connectivity index (χ1n) is 10.8. The topological polar surface area (TPSA) is 60.0 Å². The number of likely N-dealkylation sites (tertiary alicyclic amines) is 1. The van der Waals surface area contributed by atoms with Gasteiger partial charge in [0.15, 0.2) is 5.96 Å². The number of benzene rings is 1. The van der Waals surface area contributed by atoms with Gasteiger partial charge in [-0.2, -0.15) is 0 Å². The van der Waals surface area contributed by atoms with Gasteiger partial charge in [-0.25, -0.2) is 0 Å². The molecule has 1 saturated heterocycles. The number of carbonyl (C=O) groups excluding carboxylic acids is 1. The quantitative estimate of drug-likeness (QED) is 0.267. The van der Waals surface area contributed by atoms with Gasteiger partial charge in [0, 0.05) is 58.3 Å². The molecule has 29 heavy (non-hydrogen) atoms. The highest BCUT2D eigenvalue weighted by Crippen LogP contribution is 2.29. The Bertz CT molecular complexity index is 688. The lowest BCUT2D eigenvalue weighted by Gasteiger charge is -2.33. The minimum absolute atomic E-state index is 0. The fourth-order valence-corrected chi connectivity index (χ4v) is 4.35. The van der Waals surface area contributed by atoms with Crippen molar-refractivity contribution in [2.24, 2.45) is 4.99 Å². The first kappa shape index (κ1) is 22.3. The number of aliphatic imine (C=N–C) groups is 1. The lowest BCUT2D eigenvalue weighted by Crippen LogP contribution is -2.49. The van der Waals surface area contributed by atoms with Gasteiger partial charge in [0.1, 0.15) is 0 Å². The molecule has 3 aliphatic rings. The number of hydrogen-bond acceptors (Lipinski definition) is 3. The molecule has 0 radical (unpaired) electrons. The van der Waals surface area contributed by atoms with Gasteiger partial charge in [-0.3, -0.25) is 9.79 Å². The van der Waals surface area contributed by atoms with E-state index in [1.54, 1.807) is 0 Å². The lowest BCUT2D eigenvalue weighted by atomic mass is 10.1. The van der Waals surface area contributed by atoms with Gasteiger partial charge in [-0.15, -0.1) is 24.0 Å². The Hall–Kier alpha value is -1.35. The lowest BCUT2D eigenvalue weighted by molar-refractivity contribution is -0.131. The van der Waals surface area contributed by atoms with E-state index in [-0.39, 0.29) is 29.9 Å². The third-order valence-electron chi connectivity index (χ3n) is 6.21. The Balaban J connectivity index is 0.00000240. The fraction of sp³-hybridized carbons (Fsp3) is 0.636. The van der Waals surface area contributed by atoms with E-state index in [0.717, 1.165) is 38.1 Å². The number of halogens is 1. The molecule has 1 amide bonds. The maximum Gasteiger partial charge on any atom is 0.223 e. The first-order valence-corrected chi connectivity index (χ1v) is 10.8. The third-order valence-corrected chi connectivity index (χ3v) is 6.21. The third kappa shape index (κ3) is 6.07. The molecule has 4 rings (SSSR count). The smallest absolute Gasteiger partial charge is 0.223 e. The number of amides is 1. The molecule has 2 N–H and O–H groups in total. The molecule has 2 fully saturated rings. The summed E-state index contributed by atoms with van der Waals surface area (Å²) in [7, 11) is 1.82. The van der Waals surface area contributed by atoms with Gasteiger partial charge in [0.05, 0.1) is 0 Å². The highest BCUT2D eigenvalue weighted by atomic mass is 127. The van der Waals surface area contributed by atoms with Crippen molar-refractivity contribution in [3.8, 4) is 0 Å². The Morgan fingerprint density at radius 2 is 1.76 bits per heavy atom. The van der Waals surface area contributed by atoms with Crippen LogP contribution in [0.4, 0.5) is 0 Å². The van der Waals surface area contributed by atoms with Gasteiger partial charge < -0.3 is 20.4 Å². The van der Waals surface area contributed by atoms with Crippen LogP contribution >= 0.6 is 24.0 Å². The van der Waals surface area contributed by atoms with Crippen molar-refractivity contribution in [3.05, 3.63) is 35.4 Å². The van der Waals surface area contributed by atoms with Gasteiger partial charge >= 0.3 is 0 Å². The zero-order chi connectivity index (χ0) is 19.3. The largest absolute Gasteiger partial charge is 0.356 e. The van der Waals surface area contributed by atoms with Crippen LogP contribution in [0, 0.1) is 0 Å². The molecule has 0 bridgehead atoms. The van der Waals surface area contributed by atoms with Crippen LogP contribution < -0.4 is 10.6 Å². The van der Waals surface area contributed by atoms with E-state index in [1.807, 2.05) is 24.1 Å². The summed E-state index contributed by atoms with van der Waals surface area (Å²) in [6, 6.07) is 9.71. The molecule has 6 nitrogen and oxygen atoms in total. The van der Waals surface area contributed by atoms with Gasteiger partial charge in [-0.1, -0.05) is 24.3 Å². The highest BCUT2D eigenvalue weighted by Gasteiger charge is 2.31. The summed E-state index contributed by atoms with van der Waals surface area (Å²) >= 11 is 0. The Morgan fingerprint density at radius 3 is 2.34 bits per heavy atom. The van der Waals surface area contributed by atoms with Gasteiger partial charge in [0.25, 0.3) is 0 Å². The van der Waals surface area contributed by atoms with Crippen molar-refractivity contribution in [3.63, 3.8) is 0 Å². The molecule has 1 aliphatic carbocycles. The SMILES string of the molecule is CN=C(NCCCC(=O)N1Cc2ccccc2C1)NC1CCN(C2CC2)CC1.I. The van der Waals surface area contributed by atoms with E-state index in [1.165, 1.54) is 49.9 Å². The molecule has 0 spiro atoms. The van der Waals surface area contributed by atoms with Gasteiger partial charge in [-0.05, 0) is 43.2 Å². The van der Waals surface area contributed by atoms with E-state index in [0.29, 0.717) is 12.5 Å². The standard InChI is InChI=1S/C22H33N5O.HI/c1-23-22(25-19-10-13-26(14-11-19)20-8-9-20)24-12-4-7-21(28)27-15-17-5-2-3-6-18(17)16-27;/h2-3,5-6,19-20H,4,7-16H2,1H3,(H2,23,24,25);1H. The van der Waals surface area contributed by atoms with E-state index in [9.17, 15) is 4.79 Å². The number of guanidine groups is 1. The van der Waals surface area contributed by atoms with Crippen molar-refractivity contribution >= 4 is 35.8 Å². The second kappa shape index (κ2) is 10.6. The predicted octanol–water partition coefficient (Wildman–Crippen LogP) is 2.72. The number of piperidine rings is 1. The molecular weight excluding hydrogens is 477 g/mol. The van der Waals surface area contributed by atoms with Crippen LogP contribution in [0.2, 0.25) is 0 Å². The van der Waals surface area contributed by atoms with Crippen LogP contribution in [0.1, 0.15) is 49.7 Å². The summed E-state index contributed by atoms with van der Waals surface area (Å²) in [6.07, 6.45) is 6.56. The zero-order valence-corrected chi connectivity index (χ0v) is 19.7. The average molecular weight is 511 g/mol. The predicted molar refractivity (Wildman–Crippen MR) is 127 cm³/mol. The molecule has 7 heteroatoms. The molecule has 1 aromatic carbocycles. The van der Waals surface area contributed by atoms with Crippen LogP contribution in [-0.2, 0) is 17.9 Å². The van der Waals surface area contributed by atoms with E-state index >= 15 is 0 Å². The molecule has 2 aliphatic heterocycles. The van der Waals surface area contributed by atoms with Gasteiger partial charge in [0.2, 0.25) is 5.91 Å². The number of hydrogen-bond donors (Lipinski definition) is 2. The van der Waals surface area contributed by atoms with Crippen LogP contribution in [-0.4, -0.2) is 60.4 Å². The Labute approximate surface area is 191 Å². The highest BCUT2D eigenvalue weighted by molar-refractivity contribution is 14.0. The van der Waals surface area contributed by atoms with Crippen molar-refractivity contribution < 1.29 is 4.79 Å². The number of carbonyl (C=O) groups is 1. The summed E-state index contributed by atoms with van der Waals surface area (Å²) in [5.41, 5.74) is 2.57. The van der Waals surface area contributed by atoms with E-state index < -0.39 is 0 Å². The summed E-state index contributed by atoms with van der Waals surface area (Å²) in [6.45, 7) is 4.68. The summed E-state index contributed by atoms with van der Waals surface area (Å²) in [5, 5.41) is 6.94. The van der Waals surface area contributed by atoms with Crippen LogP contribution in [0.3, 0.4) is 0 Å². The first-order chi connectivity index (χ1) is 13.7. The summed E-state index contributed by atoms with van der Waals surface area (Å²) < 4.78 is 0. The van der Waals surface area contributed by atoms with Crippen molar-refractivity contribution in [2.45, 2.75) is 63.7 Å². The monoisotopic (exact) mass is 511 g/mol. The second-order valence-electron chi connectivity index (χ2n) is 8.31. The van der Waals surface area contributed by atoms with Crippen molar-refractivity contribution in [2.75, 3.05) is 26.7 Å². The molecule has 1 saturated carbocycles. The fourth-order valence-electron chi connectivity index (χ4n) is 4.35.